The van der Waals surface area contributed by atoms with Gasteiger partial charge in [-0.05, 0) is 29.6 Å². The van der Waals surface area contributed by atoms with Crippen LogP contribution in [0.15, 0.2) is 47.8 Å². The summed E-state index contributed by atoms with van der Waals surface area (Å²) in [7, 11) is 0. The first kappa shape index (κ1) is 19.7. The Morgan fingerprint density at radius 3 is 2.62 bits per heavy atom. The molecule has 0 aliphatic heterocycles. The molecule has 1 amide bonds. The van der Waals surface area contributed by atoms with E-state index < -0.39 is 17.8 Å². The average Bonchev–Trinajstić information content (AvgIpc) is 3.33. The Balaban J connectivity index is 1.78. The van der Waals surface area contributed by atoms with Crippen molar-refractivity contribution in [3.05, 3.63) is 69.3 Å². The summed E-state index contributed by atoms with van der Waals surface area (Å²) in [6.45, 7) is 0. The van der Waals surface area contributed by atoms with E-state index in [4.69, 9.17) is 23.2 Å². The van der Waals surface area contributed by atoms with Crippen LogP contribution >= 0.6 is 34.5 Å². The number of alkyl halides is 3. The number of hydrogen-bond donors (Lipinski definition) is 1. The van der Waals surface area contributed by atoms with E-state index >= 15 is 0 Å². The Bertz CT molecular complexity index is 1220. The lowest BCUT2D eigenvalue weighted by Crippen LogP contribution is -2.15. The summed E-state index contributed by atoms with van der Waals surface area (Å²) in [5.41, 5.74) is -1.03. The van der Waals surface area contributed by atoms with Gasteiger partial charge >= 0.3 is 6.18 Å². The molecule has 3 heterocycles. The van der Waals surface area contributed by atoms with Crippen molar-refractivity contribution in [1.29, 1.82) is 0 Å². The van der Waals surface area contributed by atoms with Crippen molar-refractivity contribution in [2.24, 2.45) is 0 Å². The number of nitrogens with one attached hydrogen (secondary N) is 1. The maximum absolute atomic E-state index is 13.6. The molecule has 1 aromatic carbocycles. The predicted molar refractivity (Wildman–Crippen MR) is 106 cm³/mol. The first-order chi connectivity index (χ1) is 13.7. The quantitative estimate of drug-likeness (QED) is 0.409. The van der Waals surface area contributed by atoms with Gasteiger partial charge in [0.05, 0.1) is 26.3 Å². The van der Waals surface area contributed by atoms with Crippen LogP contribution in [0.1, 0.15) is 16.2 Å². The van der Waals surface area contributed by atoms with Crippen LogP contribution in [0.5, 0.6) is 0 Å². The van der Waals surface area contributed by atoms with Gasteiger partial charge in [-0.15, -0.1) is 11.3 Å². The molecule has 1 N–H and O–H groups in total. The molecule has 148 valence electrons. The van der Waals surface area contributed by atoms with Crippen LogP contribution in [0, 0.1) is 0 Å². The summed E-state index contributed by atoms with van der Waals surface area (Å²) in [6, 6.07) is 10.1. The Morgan fingerprint density at radius 2 is 1.93 bits per heavy atom. The van der Waals surface area contributed by atoms with Crippen molar-refractivity contribution in [3.8, 4) is 10.6 Å². The lowest BCUT2D eigenvalue weighted by molar-refractivity contribution is -0.142. The van der Waals surface area contributed by atoms with Gasteiger partial charge in [-0.25, -0.2) is 9.50 Å². The number of aromatic nitrogens is 3. The molecule has 11 heteroatoms. The number of anilines is 1. The second kappa shape index (κ2) is 7.33. The summed E-state index contributed by atoms with van der Waals surface area (Å²) in [6.07, 6.45) is -4.69. The Morgan fingerprint density at radius 1 is 1.14 bits per heavy atom. The van der Waals surface area contributed by atoms with Crippen LogP contribution < -0.4 is 5.32 Å². The molecule has 0 radical (unpaired) electrons. The van der Waals surface area contributed by atoms with E-state index in [0.717, 1.165) is 6.07 Å². The second-order valence-corrected chi connectivity index (χ2v) is 7.59. The fraction of sp³-hybridized carbons (Fsp3) is 0.0556. The van der Waals surface area contributed by atoms with Crippen LogP contribution in [0.4, 0.5) is 18.9 Å². The molecule has 0 spiro atoms. The van der Waals surface area contributed by atoms with Gasteiger partial charge in [-0.1, -0.05) is 35.3 Å². The molecule has 5 nitrogen and oxygen atoms in total. The van der Waals surface area contributed by atoms with Crippen molar-refractivity contribution in [3.63, 3.8) is 0 Å². The number of carbonyl (C=O) groups excluding carboxylic acids is 1. The summed E-state index contributed by atoms with van der Waals surface area (Å²) < 4.78 is 41.3. The Labute approximate surface area is 175 Å². The number of hydrogen-bond acceptors (Lipinski definition) is 4. The largest absolute Gasteiger partial charge is 0.433 e. The highest BCUT2D eigenvalue weighted by Crippen LogP contribution is 2.34. The van der Waals surface area contributed by atoms with E-state index in [-0.39, 0.29) is 32.8 Å². The molecule has 4 aromatic rings. The highest BCUT2D eigenvalue weighted by Gasteiger charge is 2.35. The van der Waals surface area contributed by atoms with Gasteiger partial charge in [-0.2, -0.15) is 18.3 Å². The van der Waals surface area contributed by atoms with E-state index in [9.17, 15) is 18.0 Å². The number of nitrogens with zero attached hydrogens (tertiary/aromatic N) is 3. The number of rotatable bonds is 3. The highest BCUT2D eigenvalue weighted by atomic mass is 35.5. The zero-order valence-corrected chi connectivity index (χ0v) is 16.5. The van der Waals surface area contributed by atoms with E-state index in [1.54, 1.807) is 23.6 Å². The molecular weight excluding hydrogens is 448 g/mol. The summed E-state index contributed by atoms with van der Waals surface area (Å²) in [4.78, 5) is 17.3. The molecule has 3 aromatic heterocycles. The molecule has 0 atom stereocenters. The number of thiophene rings is 1. The van der Waals surface area contributed by atoms with Gasteiger partial charge in [0.15, 0.2) is 17.0 Å². The monoisotopic (exact) mass is 456 g/mol. The van der Waals surface area contributed by atoms with Crippen molar-refractivity contribution >= 4 is 51.8 Å². The third-order valence-corrected chi connectivity index (χ3v) is 5.63. The first-order valence-corrected chi connectivity index (χ1v) is 9.65. The van der Waals surface area contributed by atoms with Crippen LogP contribution in [-0.4, -0.2) is 20.5 Å². The van der Waals surface area contributed by atoms with Gasteiger partial charge in [0, 0.05) is 6.07 Å². The van der Waals surface area contributed by atoms with Crippen LogP contribution in [0.25, 0.3) is 16.2 Å². The molecule has 0 bridgehead atoms. The summed E-state index contributed by atoms with van der Waals surface area (Å²) >= 11 is 13.2. The van der Waals surface area contributed by atoms with Gasteiger partial charge in [0.1, 0.15) is 0 Å². The van der Waals surface area contributed by atoms with Crippen LogP contribution in [0.2, 0.25) is 10.0 Å². The maximum atomic E-state index is 13.6. The van der Waals surface area contributed by atoms with Crippen LogP contribution in [0.3, 0.4) is 0 Å². The standard InChI is InChI=1S/C18H9Cl2F3N4OS/c19-9-3-1-4-10(16(9)20)25-17(28)12-8-15-24-11(13-5-2-6-29-13)7-14(18(21,22)23)27(15)26-12/h1-8H,(H,25,28). The zero-order valence-electron chi connectivity index (χ0n) is 14.2. The minimum absolute atomic E-state index is 0.106. The fourth-order valence-electron chi connectivity index (χ4n) is 2.62. The second-order valence-electron chi connectivity index (χ2n) is 5.86. The van der Waals surface area contributed by atoms with Gasteiger partial charge in [0.25, 0.3) is 5.91 Å². The number of amides is 1. The molecule has 0 fully saturated rings. The predicted octanol–water partition coefficient (Wildman–Crippen LogP) is 6.04. The Hall–Kier alpha value is -2.62. The molecule has 0 saturated heterocycles. The number of halogens is 5. The molecule has 0 saturated carbocycles. The molecule has 4 rings (SSSR count). The molecule has 0 aliphatic carbocycles. The lowest BCUT2D eigenvalue weighted by atomic mass is 10.2. The fourth-order valence-corrected chi connectivity index (χ4v) is 3.66. The topological polar surface area (TPSA) is 59.3 Å². The summed E-state index contributed by atoms with van der Waals surface area (Å²) in [5, 5.41) is 8.36. The first-order valence-electron chi connectivity index (χ1n) is 8.01. The molecule has 29 heavy (non-hydrogen) atoms. The minimum Gasteiger partial charge on any atom is -0.319 e. The van der Waals surface area contributed by atoms with E-state index in [0.29, 0.717) is 9.39 Å². The van der Waals surface area contributed by atoms with Crippen LogP contribution in [-0.2, 0) is 6.18 Å². The van der Waals surface area contributed by atoms with Crippen molar-refractivity contribution < 1.29 is 18.0 Å². The molecule has 0 unspecified atom stereocenters. The number of carbonyl (C=O) groups is 1. The zero-order chi connectivity index (χ0) is 20.8. The third-order valence-electron chi connectivity index (χ3n) is 3.92. The van der Waals surface area contributed by atoms with E-state index in [1.807, 2.05) is 0 Å². The Kier molecular flexibility index (Phi) is 4.97. The average molecular weight is 457 g/mol. The molecule has 0 aliphatic rings. The number of benzene rings is 1. The number of fused-ring (bicyclic) bond motifs is 1. The van der Waals surface area contributed by atoms with Crippen molar-refractivity contribution in [1.82, 2.24) is 14.6 Å². The molecular formula is C18H9Cl2F3N4OS. The maximum Gasteiger partial charge on any atom is 0.433 e. The van der Waals surface area contributed by atoms with E-state index in [2.05, 4.69) is 15.4 Å². The minimum atomic E-state index is -4.69. The SMILES string of the molecule is O=C(Nc1cccc(Cl)c1Cl)c1cc2nc(-c3cccs3)cc(C(F)(F)F)n2n1. The van der Waals surface area contributed by atoms with Crippen molar-refractivity contribution in [2.45, 2.75) is 6.18 Å². The van der Waals surface area contributed by atoms with E-state index in [1.165, 1.54) is 29.5 Å². The summed E-state index contributed by atoms with van der Waals surface area (Å²) in [5.74, 6) is -0.745. The van der Waals surface area contributed by atoms with Crippen molar-refractivity contribution in [2.75, 3.05) is 5.32 Å². The lowest BCUT2D eigenvalue weighted by Gasteiger charge is -2.10. The smallest absolute Gasteiger partial charge is 0.319 e. The highest BCUT2D eigenvalue weighted by molar-refractivity contribution is 7.13. The third kappa shape index (κ3) is 3.81. The van der Waals surface area contributed by atoms with Gasteiger partial charge in [-0.3, -0.25) is 4.79 Å². The van der Waals surface area contributed by atoms with Gasteiger partial charge < -0.3 is 5.32 Å². The van der Waals surface area contributed by atoms with Gasteiger partial charge in [0.2, 0.25) is 0 Å². The normalized spacial score (nSPS) is 11.8.